The van der Waals surface area contributed by atoms with Gasteiger partial charge in [-0.25, -0.2) is 14.4 Å². The maximum Gasteiger partial charge on any atom is 0.408 e. The molecule has 1 saturated heterocycles. The van der Waals surface area contributed by atoms with Gasteiger partial charge in [-0.1, -0.05) is 74.9 Å². The number of carbonyl (C=O) groups excluding carboxylic acids is 5. The van der Waals surface area contributed by atoms with Crippen LogP contribution in [0.1, 0.15) is 102 Å². The Morgan fingerprint density at radius 2 is 1.62 bits per heavy atom. The fourth-order valence-electron chi connectivity index (χ4n) is 10.8. The topological polar surface area (TPSA) is 213 Å². The van der Waals surface area contributed by atoms with Crippen molar-refractivity contribution in [3.05, 3.63) is 95.1 Å². The van der Waals surface area contributed by atoms with Crippen LogP contribution in [0, 0.1) is 16.7 Å². The Morgan fingerprint density at radius 3 is 2.25 bits per heavy atom. The monoisotopic (exact) mass is 873 g/mol. The lowest BCUT2D eigenvalue weighted by atomic mass is 9.44. The standard InChI is InChI=1S/C48H59NO14/c1-27-32(61-43(55)37(52)36(29-18-12-10-13-19-29)49-44(56)60-31-22-16-8-7-9-17-23-31)25-48(57)41(62-42(54)30-20-14-11-15-21-30)39-46(5,40(53)38(58-6)35(27)45(48,3)4)33(51)24-34-47(39,26-59-34)63-28(2)50/h10-16,18-22,31-34,36-39,41,51-52,57H,7-9,17,23-26H2,1-6H3,(H,49,56)/b22-16+/t31?,32-,33-,34+,36-,37+,38+,39?,41-,46+,47-,48+/m0/s1. The maximum absolute atomic E-state index is 15.4. The first kappa shape index (κ1) is 46.1. The van der Waals surface area contributed by atoms with E-state index in [2.05, 4.69) is 5.32 Å². The molecular weight excluding hydrogens is 815 g/mol. The molecule has 63 heavy (non-hydrogen) atoms. The van der Waals surface area contributed by atoms with Crippen molar-refractivity contribution in [3.8, 4) is 0 Å². The molecule has 0 radical (unpaired) electrons. The number of methoxy groups -OCH3 is 1. The van der Waals surface area contributed by atoms with Crippen LogP contribution in [-0.2, 0) is 42.8 Å². The van der Waals surface area contributed by atoms with Gasteiger partial charge in [-0.3, -0.25) is 9.59 Å². The highest BCUT2D eigenvalue weighted by atomic mass is 16.6. The van der Waals surface area contributed by atoms with Crippen LogP contribution in [-0.4, -0.2) is 113 Å². The maximum atomic E-state index is 15.4. The number of nitrogens with one attached hydrogen (secondary N) is 1. The third kappa shape index (κ3) is 8.11. The van der Waals surface area contributed by atoms with E-state index in [-0.39, 0.29) is 24.2 Å². The first-order valence-corrected chi connectivity index (χ1v) is 21.7. The summed E-state index contributed by atoms with van der Waals surface area (Å²) in [4.78, 5) is 70.4. The molecule has 2 unspecified atom stereocenters. The van der Waals surface area contributed by atoms with Crippen molar-refractivity contribution in [1.82, 2.24) is 5.32 Å². The second kappa shape index (κ2) is 17.9. The number of fused-ring (bicyclic) bond motifs is 5. The minimum Gasteiger partial charge on any atom is -0.456 e. The number of aliphatic hydroxyl groups excluding tert-OH is 2. The lowest BCUT2D eigenvalue weighted by Crippen LogP contribution is -2.81. The number of alkyl carbamates (subject to hydrolysis) is 1. The van der Waals surface area contributed by atoms with Crippen molar-refractivity contribution in [2.24, 2.45) is 16.7 Å². The first-order valence-electron chi connectivity index (χ1n) is 21.7. The SMILES string of the molecule is CO[C@H]1C(=O)[C@@]2(C)C([C@H](OC(=O)c3ccccc3)[C@]3(O)C[C@H](OC(=O)[C@H](O)[C@@H](NC(=O)OC4/C=C/CCCCC4)c4ccccc4)C(C)=C1C3(C)C)[C@]1(OC(C)=O)CO[C@@H]1C[C@@H]2O. The molecule has 2 aromatic carbocycles. The molecule has 5 aliphatic rings. The highest BCUT2D eigenvalue weighted by Gasteiger charge is 2.78. The molecule has 340 valence electrons. The van der Waals surface area contributed by atoms with E-state index in [0.717, 1.165) is 25.7 Å². The Hall–Kier alpha value is -4.93. The Morgan fingerprint density at radius 1 is 0.937 bits per heavy atom. The van der Waals surface area contributed by atoms with Crippen LogP contribution >= 0.6 is 0 Å². The zero-order valence-electron chi connectivity index (χ0n) is 36.6. The van der Waals surface area contributed by atoms with Crippen molar-refractivity contribution in [2.45, 2.75) is 140 Å². The zero-order chi connectivity index (χ0) is 45.5. The number of aliphatic hydroxyl groups is 3. The van der Waals surface area contributed by atoms with Crippen molar-refractivity contribution in [2.75, 3.05) is 13.7 Å². The average molecular weight is 874 g/mol. The number of carbonyl (C=O) groups is 5. The fraction of sp³-hybridized carbons (Fsp3) is 0.562. The molecule has 12 atom stereocenters. The van der Waals surface area contributed by atoms with Crippen molar-refractivity contribution in [1.29, 1.82) is 0 Å². The van der Waals surface area contributed by atoms with E-state index >= 15 is 4.79 Å². The number of esters is 3. The average Bonchev–Trinajstić information content (AvgIpc) is 3.24. The van der Waals surface area contributed by atoms with Gasteiger partial charge in [0.2, 0.25) is 0 Å². The van der Waals surface area contributed by atoms with Crippen molar-refractivity contribution >= 4 is 29.8 Å². The number of rotatable bonds is 10. The Labute approximate surface area is 367 Å². The van der Waals surface area contributed by atoms with E-state index in [1.54, 1.807) is 69.3 Å². The predicted octanol–water partition coefficient (Wildman–Crippen LogP) is 5.00. The smallest absolute Gasteiger partial charge is 0.408 e. The van der Waals surface area contributed by atoms with Crippen LogP contribution in [0.4, 0.5) is 4.79 Å². The second-order valence-corrected chi connectivity index (χ2v) is 18.3. The summed E-state index contributed by atoms with van der Waals surface area (Å²) >= 11 is 0. The van der Waals surface area contributed by atoms with E-state index in [9.17, 15) is 34.5 Å². The minimum absolute atomic E-state index is 0.112. The highest BCUT2D eigenvalue weighted by molar-refractivity contribution is 5.94. The number of Topliss-reactive ketones (excluding diaryl/α,β-unsaturated/α-hetero) is 1. The molecule has 4 N–H and O–H groups in total. The van der Waals surface area contributed by atoms with Gasteiger partial charge in [-0.05, 0) is 74.4 Å². The molecule has 2 saturated carbocycles. The molecule has 1 heterocycles. The molecule has 3 fully saturated rings. The molecule has 0 aromatic heterocycles. The summed E-state index contributed by atoms with van der Waals surface area (Å²) in [6, 6.07) is 15.0. The van der Waals surface area contributed by atoms with Crippen LogP contribution < -0.4 is 5.32 Å². The highest BCUT2D eigenvalue weighted by Crippen LogP contribution is 2.64. The summed E-state index contributed by atoms with van der Waals surface area (Å²) in [6.07, 6.45) is -2.78. The van der Waals surface area contributed by atoms with Gasteiger partial charge in [0.15, 0.2) is 17.5 Å². The minimum atomic E-state index is -2.28. The summed E-state index contributed by atoms with van der Waals surface area (Å²) in [7, 11) is 1.30. The van der Waals surface area contributed by atoms with Gasteiger partial charge in [0.25, 0.3) is 0 Å². The van der Waals surface area contributed by atoms with Gasteiger partial charge in [0.1, 0.15) is 36.1 Å². The number of allylic oxidation sites excluding steroid dienone is 1. The van der Waals surface area contributed by atoms with Crippen LogP contribution in [0.25, 0.3) is 0 Å². The van der Waals surface area contributed by atoms with E-state index < -0.39 is 113 Å². The third-order valence-corrected chi connectivity index (χ3v) is 14.4. The Balaban J connectivity index is 1.31. The molecule has 2 bridgehead atoms. The fourth-order valence-corrected chi connectivity index (χ4v) is 10.8. The van der Waals surface area contributed by atoms with Crippen LogP contribution in [0.5, 0.6) is 0 Å². The largest absolute Gasteiger partial charge is 0.456 e. The molecule has 1 amide bonds. The van der Waals surface area contributed by atoms with Gasteiger partial charge >= 0.3 is 24.0 Å². The summed E-state index contributed by atoms with van der Waals surface area (Å²) in [5.41, 5.74) is -6.36. The Bertz CT molecular complexity index is 2120. The van der Waals surface area contributed by atoms with E-state index in [4.69, 9.17) is 28.4 Å². The lowest BCUT2D eigenvalue weighted by Gasteiger charge is -2.67. The normalized spacial score (nSPS) is 34.9. The molecule has 0 spiro atoms. The van der Waals surface area contributed by atoms with Gasteiger partial charge in [0.05, 0.1) is 35.6 Å². The second-order valence-electron chi connectivity index (χ2n) is 18.3. The lowest BCUT2D eigenvalue weighted by molar-refractivity contribution is -0.346. The molecule has 15 heteroatoms. The molecular formula is C48H59NO14. The number of amides is 1. The quantitative estimate of drug-likeness (QED) is 0.141. The van der Waals surface area contributed by atoms with Gasteiger partial charge < -0.3 is 49.1 Å². The summed E-state index contributed by atoms with van der Waals surface area (Å²) in [5, 5.41) is 40.2. The summed E-state index contributed by atoms with van der Waals surface area (Å²) in [5.74, 6) is -4.88. The van der Waals surface area contributed by atoms with Crippen LogP contribution in [0.2, 0.25) is 0 Å². The van der Waals surface area contributed by atoms with Crippen molar-refractivity contribution < 1.29 is 67.7 Å². The predicted molar refractivity (Wildman–Crippen MR) is 225 cm³/mol. The molecule has 15 nitrogen and oxygen atoms in total. The summed E-state index contributed by atoms with van der Waals surface area (Å²) < 4.78 is 36.3. The van der Waals surface area contributed by atoms with E-state index in [1.807, 2.05) is 12.2 Å². The number of hydrogen-bond acceptors (Lipinski definition) is 14. The Kier molecular flexibility index (Phi) is 13.1. The number of ether oxygens (including phenoxy) is 6. The number of ketones is 1. The molecule has 2 aromatic rings. The zero-order valence-corrected chi connectivity index (χ0v) is 36.6. The summed E-state index contributed by atoms with van der Waals surface area (Å²) in [6.45, 7) is 7.37. The van der Waals surface area contributed by atoms with Crippen LogP contribution in [0.15, 0.2) is 84.0 Å². The van der Waals surface area contributed by atoms with Gasteiger partial charge in [0, 0.05) is 32.3 Å². The van der Waals surface area contributed by atoms with E-state index in [1.165, 1.54) is 33.1 Å². The van der Waals surface area contributed by atoms with Crippen molar-refractivity contribution in [3.63, 3.8) is 0 Å². The molecule has 4 aliphatic carbocycles. The van der Waals surface area contributed by atoms with E-state index in [0.29, 0.717) is 17.6 Å². The van der Waals surface area contributed by atoms with Crippen LogP contribution in [0.3, 0.4) is 0 Å². The number of hydrogen-bond donors (Lipinski definition) is 4. The third-order valence-electron chi connectivity index (χ3n) is 14.4. The molecule has 1 aliphatic heterocycles. The molecule has 7 rings (SSSR count). The first-order chi connectivity index (χ1) is 29.9. The number of benzene rings is 2. The van der Waals surface area contributed by atoms with Gasteiger partial charge in [-0.15, -0.1) is 0 Å². The van der Waals surface area contributed by atoms with Gasteiger partial charge in [-0.2, -0.15) is 0 Å².